The average molecular weight is 249 g/mol. The van der Waals surface area contributed by atoms with E-state index in [0.29, 0.717) is 12.6 Å². The van der Waals surface area contributed by atoms with E-state index in [4.69, 9.17) is 4.74 Å². The smallest absolute Gasteiger partial charge is 0.123 e. The average Bonchev–Trinajstić information content (AvgIpc) is 2.40. The Morgan fingerprint density at radius 2 is 1.94 bits per heavy atom. The van der Waals surface area contributed by atoms with Crippen LogP contribution in [0.5, 0.6) is 5.75 Å². The molecule has 0 saturated heterocycles. The number of para-hydroxylation sites is 1. The molecule has 0 aromatic heterocycles. The largest absolute Gasteiger partial charge is 0.494 e. The number of aliphatic hydroxyl groups is 1. The predicted octanol–water partition coefficient (Wildman–Crippen LogP) is 2.48. The molecule has 18 heavy (non-hydrogen) atoms. The number of aliphatic hydroxyl groups excluding tert-OH is 1. The van der Waals surface area contributed by atoms with Crippen LogP contribution in [0, 0.1) is 0 Å². The van der Waals surface area contributed by atoms with E-state index in [1.165, 1.54) is 5.56 Å². The Hall–Kier alpha value is -1.06. The molecule has 2 rings (SSSR count). The van der Waals surface area contributed by atoms with Gasteiger partial charge in [-0.1, -0.05) is 18.2 Å². The summed E-state index contributed by atoms with van der Waals surface area (Å²) in [7, 11) is 0. The van der Waals surface area contributed by atoms with Crippen LogP contribution in [0.25, 0.3) is 0 Å². The van der Waals surface area contributed by atoms with Crippen LogP contribution < -0.4 is 10.1 Å². The highest BCUT2D eigenvalue weighted by atomic mass is 16.5. The van der Waals surface area contributed by atoms with Gasteiger partial charge in [-0.3, -0.25) is 0 Å². The van der Waals surface area contributed by atoms with Crippen LogP contribution >= 0.6 is 0 Å². The summed E-state index contributed by atoms with van der Waals surface area (Å²) in [6.45, 7) is 3.55. The molecule has 0 spiro atoms. The maximum absolute atomic E-state index is 9.48. The quantitative estimate of drug-likeness (QED) is 0.842. The fourth-order valence-corrected chi connectivity index (χ4v) is 2.48. The molecule has 1 aromatic rings. The summed E-state index contributed by atoms with van der Waals surface area (Å²) in [4.78, 5) is 0. The van der Waals surface area contributed by atoms with Gasteiger partial charge in [0, 0.05) is 18.2 Å². The normalized spacial score (nSPS) is 23.9. The lowest BCUT2D eigenvalue weighted by Crippen LogP contribution is -2.34. The van der Waals surface area contributed by atoms with Gasteiger partial charge in [-0.05, 0) is 38.7 Å². The Labute approximate surface area is 109 Å². The second kappa shape index (κ2) is 6.76. The Bertz CT molecular complexity index is 359. The third-order valence-corrected chi connectivity index (χ3v) is 3.55. The first kappa shape index (κ1) is 13.4. The van der Waals surface area contributed by atoms with Crippen LogP contribution in [0.3, 0.4) is 0 Å². The minimum atomic E-state index is -0.0845. The lowest BCUT2D eigenvalue weighted by atomic mass is 9.93. The van der Waals surface area contributed by atoms with E-state index >= 15 is 0 Å². The van der Waals surface area contributed by atoms with E-state index in [1.54, 1.807) is 0 Å². The molecule has 3 heteroatoms. The second-order valence-electron chi connectivity index (χ2n) is 4.93. The van der Waals surface area contributed by atoms with Crippen LogP contribution in [0.4, 0.5) is 0 Å². The molecule has 1 aliphatic carbocycles. The molecule has 1 fully saturated rings. The number of rotatable bonds is 5. The molecule has 0 aliphatic heterocycles. The van der Waals surface area contributed by atoms with Crippen molar-refractivity contribution in [2.45, 2.75) is 51.3 Å². The third kappa shape index (κ3) is 3.72. The van der Waals surface area contributed by atoms with Crippen LogP contribution in [0.15, 0.2) is 24.3 Å². The molecule has 1 saturated carbocycles. The van der Waals surface area contributed by atoms with Crippen molar-refractivity contribution >= 4 is 0 Å². The van der Waals surface area contributed by atoms with Crippen molar-refractivity contribution in [2.24, 2.45) is 0 Å². The highest BCUT2D eigenvalue weighted by Crippen LogP contribution is 2.21. The van der Waals surface area contributed by atoms with Gasteiger partial charge in [-0.2, -0.15) is 0 Å². The molecule has 3 nitrogen and oxygen atoms in total. The number of benzene rings is 1. The summed E-state index contributed by atoms with van der Waals surface area (Å²) in [5, 5.41) is 13.0. The van der Waals surface area contributed by atoms with E-state index in [2.05, 4.69) is 11.4 Å². The maximum atomic E-state index is 9.48. The molecule has 1 aliphatic rings. The van der Waals surface area contributed by atoms with Crippen LogP contribution in [-0.4, -0.2) is 23.9 Å². The van der Waals surface area contributed by atoms with Gasteiger partial charge >= 0.3 is 0 Å². The van der Waals surface area contributed by atoms with Gasteiger partial charge in [0.25, 0.3) is 0 Å². The van der Waals surface area contributed by atoms with E-state index in [0.717, 1.165) is 38.0 Å². The maximum Gasteiger partial charge on any atom is 0.123 e. The molecule has 0 heterocycles. The molecule has 1 aromatic carbocycles. The number of hydrogen-bond donors (Lipinski definition) is 2. The molecule has 0 atom stereocenters. The summed E-state index contributed by atoms with van der Waals surface area (Å²) >= 11 is 0. The fraction of sp³-hybridized carbons (Fsp3) is 0.600. The molecule has 0 amide bonds. The monoisotopic (exact) mass is 249 g/mol. The lowest BCUT2D eigenvalue weighted by molar-refractivity contribution is 0.116. The standard InChI is InChI=1S/C15H23NO2/c1-2-18-15-6-4-3-5-12(15)11-16-13-7-9-14(17)10-8-13/h3-6,13-14,16-17H,2,7-11H2,1H3. The molecular formula is C15H23NO2. The summed E-state index contributed by atoms with van der Waals surface area (Å²) in [6, 6.07) is 8.71. The molecule has 0 radical (unpaired) electrons. The van der Waals surface area contributed by atoms with Crippen LogP contribution in [0.1, 0.15) is 38.2 Å². The minimum Gasteiger partial charge on any atom is -0.494 e. The summed E-state index contributed by atoms with van der Waals surface area (Å²) in [5.41, 5.74) is 1.21. The fourth-order valence-electron chi connectivity index (χ4n) is 2.48. The molecule has 100 valence electrons. The van der Waals surface area contributed by atoms with Crippen LogP contribution in [0.2, 0.25) is 0 Å². The summed E-state index contributed by atoms with van der Waals surface area (Å²) < 4.78 is 5.61. The minimum absolute atomic E-state index is 0.0845. The van der Waals surface area contributed by atoms with E-state index in [1.807, 2.05) is 25.1 Å². The summed E-state index contributed by atoms with van der Waals surface area (Å²) in [6.07, 6.45) is 3.89. The highest BCUT2D eigenvalue weighted by molar-refractivity contribution is 5.33. The Kier molecular flexibility index (Phi) is 5.02. The van der Waals surface area contributed by atoms with Crippen molar-refractivity contribution in [3.8, 4) is 5.75 Å². The Balaban J connectivity index is 1.86. The van der Waals surface area contributed by atoms with Crippen molar-refractivity contribution in [1.82, 2.24) is 5.32 Å². The van der Waals surface area contributed by atoms with Crippen molar-refractivity contribution in [2.75, 3.05) is 6.61 Å². The Morgan fingerprint density at radius 1 is 1.22 bits per heavy atom. The van der Waals surface area contributed by atoms with Crippen molar-refractivity contribution in [1.29, 1.82) is 0 Å². The SMILES string of the molecule is CCOc1ccccc1CNC1CCC(O)CC1. The molecule has 2 N–H and O–H groups in total. The van der Waals surface area contributed by atoms with Gasteiger partial charge in [-0.25, -0.2) is 0 Å². The number of nitrogens with one attached hydrogen (secondary N) is 1. The Morgan fingerprint density at radius 3 is 2.67 bits per heavy atom. The van der Waals surface area contributed by atoms with Gasteiger partial charge < -0.3 is 15.2 Å². The van der Waals surface area contributed by atoms with Crippen LogP contribution in [-0.2, 0) is 6.54 Å². The molecule has 0 unspecified atom stereocenters. The zero-order valence-electron chi connectivity index (χ0n) is 11.1. The zero-order chi connectivity index (χ0) is 12.8. The van der Waals surface area contributed by atoms with Gasteiger partial charge in [-0.15, -0.1) is 0 Å². The van der Waals surface area contributed by atoms with Crippen molar-refractivity contribution < 1.29 is 9.84 Å². The first-order valence-corrected chi connectivity index (χ1v) is 6.91. The van der Waals surface area contributed by atoms with Gasteiger partial charge in [0.05, 0.1) is 12.7 Å². The van der Waals surface area contributed by atoms with Gasteiger partial charge in [0.1, 0.15) is 5.75 Å². The molecule has 0 bridgehead atoms. The first-order valence-electron chi connectivity index (χ1n) is 6.91. The summed E-state index contributed by atoms with van der Waals surface area (Å²) in [5.74, 6) is 0.975. The van der Waals surface area contributed by atoms with E-state index < -0.39 is 0 Å². The second-order valence-corrected chi connectivity index (χ2v) is 4.93. The zero-order valence-corrected chi connectivity index (χ0v) is 11.1. The first-order chi connectivity index (χ1) is 8.79. The predicted molar refractivity (Wildman–Crippen MR) is 72.7 cm³/mol. The van der Waals surface area contributed by atoms with Gasteiger partial charge in [0.2, 0.25) is 0 Å². The number of ether oxygens (including phenoxy) is 1. The molecular weight excluding hydrogens is 226 g/mol. The topological polar surface area (TPSA) is 41.5 Å². The number of hydrogen-bond acceptors (Lipinski definition) is 3. The van der Waals surface area contributed by atoms with E-state index in [9.17, 15) is 5.11 Å². The van der Waals surface area contributed by atoms with Crippen molar-refractivity contribution in [3.63, 3.8) is 0 Å². The highest BCUT2D eigenvalue weighted by Gasteiger charge is 2.18. The van der Waals surface area contributed by atoms with Gasteiger partial charge in [0.15, 0.2) is 0 Å². The third-order valence-electron chi connectivity index (χ3n) is 3.55. The van der Waals surface area contributed by atoms with E-state index in [-0.39, 0.29) is 6.10 Å². The van der Waals surface area contributed by atoms with Crippen molar-refractivity contribution in [3.05, 3.63) is 29.8 Å². The lowest BCUT2D eigenvalue weighted by Gasteiger charge is -2.26.